The van der Waals surface area contributed by atoms with E-state index in [9.17, 15) is 9.90 Å². The van der Waals surface area contributed by atoms with Gasteiger partial charge in [-0.05, 0) is 38.5 Å². The summed E-state index contributed by atoms with van der Waals surface area (Å²) in [5.41, 5.74) is 0. The van der Waals surface area contributed by atoms with Crippen LogP contribution < -0.4 is 56.5 Å². The molecule has 0 fully saturated rings. The average Bonchev–Trinajstić information content (AvgIpc) is 2.50. The van der Waals surface area contributed by atoms with Gasteiger partial charge < -0.3 is 9.90 Å². The van der Waals surface area contributed by atoms with Gasteiger partial charge in [-0.15, -0.1) is 0 Å². The minimum absolute atomic E-state index is 0. The predicted molar refractivity (Wildman–Crippen MR) is 93.7 cm³/mol. The Labute approximate surface area is 187 Å². The van der Waals surface area contributed by atoms with E-state index in [1.807, 2.05) is 0 Å². The van der Waals surface area contributed by atoms with E-state index >= 15 is 0 Å². The first-order valence-electron chi connectivity index (χ1n) is 9.62. The van der Waals surface area contributed by atoms with Gasteiger partial charge in [-0.25, -0.2) is 0 Å². The molecule has 0 bridgehead atoms. The molecule has 130 valence electrons. The zero-order valence-corrected chi connectivity index (χ0v) is 18.9. The van der Waals surface area contributed by atoms with Gasteiger partial charge in [0.2, 0.25) is 0 Å². The molecule has 3 heteroatoms. The first kappa shape index (κ1) is 26.1. The van der Waals surface area contributed by atoms with Gasteiger partial charge in [0.1, 0.15) is 0 Å². The van der Waals surface area contributed by atoms with Gasteiger partial charge in [0.05, 0.1) is 0 Å². The normalized spacial score (nSPS) is 10.8. The van der Waals surface area contributed by atoms with Crippen molar-refractivity contribution >= 4 is 5.97 Å². The van der Waals surface area contributed by atoms with Crippen LogP contribution in [0, 0.1) is 0 Å². The summed E-state index contributed by atoms with van der Waals surface area (Å²) in [6.07, 6.45) is 23.8. The molecule has 0 spiro atoms. The van der Waals surface area contributed by atoms with E-state index in [2.05, 4.69) is 19.1 Å². The second kappa shape index (κ2) is 22.8. The molecule has 0 aliphatic carbocycles. The van der Waals surface area contributed by atoms with Gasteiger partial charge in [-0.1, -0.05) is 83.3 Å². The number of carboxylic acid groups (broad SMARTS) is 1. The SMILES string of the molecule is CCCCCCCCCC/C=C/CCCCCCCC(=O)[O-].[K+]. The first-order chi connectivity index (χ1) is 10.8. The van der Waals surface area contributed by atoms with Crippen molar-refractivity contribution in [3.05, 3.63) is 12.2 Å². The Balaban J connectivity index is 0. The van der Waals surface area contributed by atoms with Crippen molar-refractivity contribution < 1.29 is 61.3 Å². The van der Waals surface area contributed by atoms with Crippen LogP contribution in [-0.4, -0.2) is 5.97 Å². The summed E-state index contributed by atoms with van der Waals surface area (Å²) in [7, 11) is 0. The molecule has 0 unspecified atom stereocenters. The maximum absolute atomic E-state index is 10.2. The third-order valence-corrected chi connectivity index (χ3v) is 4.14. The van der Waals surface area contributed by atoms with Gasteiger partial charge in [0.15, 0.2) is 0 Å². The van der Waals surface area contributed by atoms with Crippen LogP contribution in [0.15, 0.2) is 12.2 Å². The van der Waals surface area contributed by atoms with E-state index in [4.69, 9.17) is 0 Å². The number of carbonyl (C=O) groups is 1. The molecule has 0 N–H and O–H groups in total. The van der Waals surface area contributed by atoms with Gasteiger partial charge >= 0.3 is 51.4 Å². The molecule has 0 aromatic rings. The molecular formula is C20H37KO2. The summed E-state index contributed by atoms with van der Waals surface area (Å²) >= 11 is 0. The van der Waals surface area contributed by atoms with E-state index in [1.54, 1.807) is 0 Å². The Morgan fingerprint density at radius 1 is 0.696 bits per heavy atom. The maximum atomic E-state index is 10.2. The van der Waals surface area contributed by atoms with Crippen molar-refractivity contribution in [3.8, 4) is 0 Å². The second-order valence-electron chi connectivity index (χ2n) is 6.41. The van der Waals surface area contributed by atoms with Crippen molar-refractivity contribution in [2.75, 3.05) is 0 Å². The summed E-state index contributed by atoms with van der Waals surface area (Å²) in [5, 5.41) is 10.2. The molecule has 0 saturated carbocycles. The standard InChI is InChI=1S/C20H38O2.K/c1-2-3-4-5-6-7-8-9-10-11-12-13-14-15-16-17-18-19-20(21)22;/h11-12H,2-10,13-19H2,1H3,(H,21,22);/q;+1/p-1/b12-11+;. The maximum Gasteiger partial charge on any atom is 1.00 e. The zero-order valence-electron chi connectivity index (χ0n) is 15.8. The van der Waals surface area contributed by atoms with Crippen molar-refractivity contribution in [2.45, 2.75) is 110 Å². The monoisotopic (exact) mass is 348 g/mol. The summed E-state index contributed by atoms with van der Waals surface area (Å²) in [6.45, 7) is 2.27. The first-order valence-corrected chi connectivity index (χ1v) is 9.62. The van der Waals surface area contributed by atoms with Gasteiger partial charge in [-0.2, -0.15) is 0 Å². The Bertz CT molecular complexity index is 264. The summed E-state index contributed by atoms with van der Waals surface area (Å²) in [4.78, 5) is 10.2. The largest absolute Gasteiger partial charge is 1.00 e. The summed E-state index contributed by atoms with van der Waals surface area (Å²) in [5.74, 6) is -0.913. The molecular weight excluding hydrogens is 311 g/mol. The topological polar surface area (TPSA) is 40.1 Å². The van der Waals surface area contributed by atoms with Crippen LogP contribution in [-0.2, 0) is 4.79 Å². The molecule has 2 nitrogen and oxygen atoms in total. The third-order valence-electron chi connectivity index (χ3n) is 4.14. The molecule has 0 aromatic heterocycles. The molecule has 0 radical (unpaired) electrons. The van der Waals surface area contributed by atoms with E-state index in [0.29, 0.717) is 0 Å². The molecule has 0 saturated heterocycles. The van der Waals surface area contributed by atoms with Crippen LogP contribution in [0.1, 0.15) is 110 Å². The number of allylic oxidation sites excluding steroid dienone is 2. The van der Waals surface area contributed by atoms with Crippen LogP contribution in [0.2, 0.25) is 0 Å². The molecule has 0 aliphatic heterocycles. The fraction of sp³-hybridized carbons (Fsp3) is 0.850. The van der Waals surface area contributed by atoms with E-state index < -0.39 is 5.97 Å². The third kappa shape index (κ3) is 25.2. The summed E-state index contributed by atoms with van der Waals surface area (Å²) in [6, 6.07) is 0. The van der Waals surface area contributed by atoms with E-state index in [0.717, 1.165) is 19.3 Å². The van der Waals surface area contributed by atoms with E-state index in [-0.39, 0.29) is 57.8 Å². The molecule has 0 aromatic carbocycles. The molecule has 0 aliphatic rings. The number of hydrogen-bond donors (Lipinski definition) is 0. The number of carboxylic acids is 1. The minimum atomic E-state index is -0.913. The number of carbonyl (C=O) groups excluding carboxylic acids is 1. The molecule has 23 heavy (non-hydrogen) atoms. The molecule has 0 amide bonds. The van der Waals surface area contributed by atoms with Crippen molar-refractivity contribution in [1.82, 2.24) is 0 Å². The summed E-state index contributed by atoms with van der Waals surface area (Å²) < 4.78 is 0. The smallest absolute Gasteiger partial charge is 0.550 e. The number of aliphatic carboxylic acids is 1. The van der Waals surface area contributed by atoms with Crippen LogP contribution in [0.4, 0.5) is 0 Å². The average molecular weight is 349 g/mol. The van der Waals surface area contributed by atoms with Crippen LogP contribution >= 0.6 is 0 Å². The minimum Gasteiger partial charge on any atom is -0.550 e. The van der Waals surface area contributed by atoms with Crippen LogP contribution in [0.3, 0.4) is 0 Å². The Kier molecular flexibility index (Phi) is 25.9. The van der Waals surface area contributed by atoms with Crippen molar-refractivity contribution in [3.63, 3.8) is 0 Å². The number of unbranched alkanes of at least 4 members (excludes halogenated alkanes) is 13. The quantitative estimate of drug-likeness (QED) is 0.230. The van der Waals surface area contributed by atoms with Crippen LogP contribution in [0.25, 0.3) is 0 Å². The Morgan fingerprint density at radius 3 is 1.52 bits per heavy atom. The number of hydrogen-bond acceptors (Lipinski definition) is 2. The van der Waals surface area contributed by atoms with Gasteiger partial charge in [-0.3, -0.25) is 0 Å². The predicted octanol–water partition coefficient (Wildman–Crippen LogP) is 2.56. The van der Waals surface area contributed by atoms with Gasteiger partial charge in [0, 0.05) is 5.97 Å². The van der Waals surface area contributed by atoms with Crippen LogP contribution in [0.5, 0.6) is 0 Å². The van der Waals surface area contributed by atoms with Crippen molar-refractivity contribution in [2.24, 2.45) is 0 Å². The Hall–Kier alpha value is 0.846. The fourth-order valence-corrected chi connectivity index (χ4v) is 2.69. The van der Waals surface area contributed by atoms with E-state index in [1.165, 1.54) is 77.0 Å². The molecule has 0 heterocycles. The van der Waals surface area contributed by atoms with Gasteiger partial charge in [0.25, 0.3) is 0 Å². The molecule has 0 atom stereocenters. The molecule has 0 rings (SSSR count). The fourth-order valence-electron chi connectivity index (χ4n) is 2.69. The zero-order chi connectivity index (χ0) is 16.3. The second-order valence-corrected chi connectivity index (χ2v) is 6.41. The number of rotatable bonds is 17. The van der Waals surface area contributed by atoms with Crippen molar-refractivity contribution in [1.29, 1.82) is 0 Å². The Morgan fingerprint density at radius 2 is 1.09 bits per heavy atom.